The summed E-state index contributed by atoms with van der Waals surface area (Å²) >= 11 is 0. The number of ether oxygens (including phenoxy) is 1. The number of anilines is 1. The van der Waals surface area contributed by atoms with Crippen molar-refractivity contribution in [3.8, 4) is 5.75 Å². The van der Waals surface area contributed by atoms with Crippen LogP contribution in [0.2, 0.25) is 0 Å². The fourth-order valence-corrected chi connectivity index (χ4v) is 1.98. The molecule has 2 aromatic rings. The van der Waals surface area contributed by atoms with Gasteiger partial charge in [0.15, 0.2) is 11.6 Å². The Morgan fingerprint density at radius 1 is 1.08 bits per heavy atom. The van der Waals surface area contributed by atoms with Crippen molar-refractivity contribution in [2.75, 3.05) is 18.5 Å². The van der Waals surface area contributed by atoms with Crippen molar-refractivity contribution in [2.45, 2.75) is 6.10 Å². The topological polar surface area (TPSA) is 128 Å². The average Bonchev–Trinajstić information content (AvgIpc) is 2.60. The Balaban J connectivity index is 1.96. The van der Waals surface area contributed by atoms with E-state index in [1.54, 1.807) is 0 Å². The normalized spacial score (nSPS) is 11.7. The molecule has 0 aliphatic rings. The quantitative estimate of drug-likeness (QED) is 0.541. The average molecular weight is 369 g/mol. The second-order valence-electron chi connectivity index (χ2n) is 5.14. The lowest BCUT2D eigenvalue weighted by Crippen LogP contribution is -2.26. The first-order chi connectivity index (χ1) is 12.3. The van der Waals surface area contributed by atoms with Crippen molar-refractivity contribution in [3.63, 3.8) is 0 Å². The summed E-state index contributed by atoms with van der Waals surface area (Å²) < 4.78 is 30.9. The molecule has 1 unspecified atom stereocenters. The summed E-state index contributed by atoms with van der Waals surface area (Å²) in [7, 11) is 0. The largest absolute Gasteiger partial charge is 0.491 e. The minimum absolute atomic E-state index is 0.00395. The molecule has 0 aliphatic carbocycles. The second kappa shape index (κ2) is 8.16. The van der Waals surface area contributed by atoms with E-state index in [0.717, 1.165) is 30.3 Å². The van der Waals surface area contributed by atoms with Crippen LogP contribution in [0.3, 0.4) is 0 Å². The molecule has 0 aliphatic heterocycles. The van der Waals surface area contributed by atoms with Crippen LogP contribution in [0, 0.1) is 31.9 Å². The van der Waals surface area contributed by atoms with Gasteiger partial charge in [0.1, 0.15) is 24.1 Å². The summed E-state index contributed by atoms with van der Waals surface area (Å²) in [5.74, 6) is -2.13. The molecule has 2 aromatic carbocycles. The van der Waals surface area contributed by atoms with Crippen LogP contribution in [0.25, 0.3) is 0 Å². The minimum Gasteiger partial charge on any atom is -0.491 e. The Kier molecular flexibility index (Phi) is 5.96. The molecule has 0 saturated carbocycles. The molecule has 2 N–H and O–H groups in total. The molecule has 0 radical (unpaired) electrons. The Hall–Kier alpha value is -3.34. The van der Waals surface area contributed by atoms with Crippen molar-refractivity contribution in [1.29, 1.82) is 0 Å². The molecule has 0 aromatic heterocycles. The number of rotatable bonds is 8. The molecule has 2 rings (SSSR count). The first kappa shape index (κ1) is 19.0. The van der Waals surface area contributed by atoms with Crippen LogP contribution < -0.4 is 10.1 Å². The van der Waals surface area contributed by atoms with Gasteiger partial charge in [-0.15, -0.1) is 0 Å². The lowest BCUT2D eigenvalue weighted by Gasteiger charge is -2.14. The SMILES string of the molecule is O=[N+]([O-])c1ccc(NCC(O)COc2ccc(F)c(F)c2)c([N+](=O)[O-])c1. The van der Waals surface area contributed by atoms with E-state index in [9.17, 15) is 34.1 Å². The lowest BCUT2D eigenvalue weighted by atomic mass is 10.2. The van der Waals surface area contributed by atoms with Crippen molar-refractivity contribution in [3.05, 3.63) is 68.3 Å². The Labute approximate surface area is 145 Å². The molecule has 9 nitrogen and oxygen atoms in total. The van der Waals surface area contributed by atoms with Gasteiger partial charge in [-0.25, -0.2) is 8.78 Å². The van der Waals surface area contributed by atoms with Crippen molar-refractivity contribution >= 4 is 17.1 Å². The van der Waals surface area contributed by atoms with Gasteiger partial charge in [0, 0.05) is 18.7 Å². The van der Waals surface area contributed by atoms with Gasteiger partial charge in [-0.3, -0.25) is 20.2 Å². The molecule has 0 heterocycles. The molecular weight excluding hydrogens is 356 g/mol. The summed E-state index contributed by atoms with van der Waals surface area (Å²) in [5, 5.41) is 34.1. The number of hydrogen-bond acceptors (Lipinski definition) is 7. The fourth-order valence-electron chi connectivity index (χ4n) is 1.98. The molecule has 0 spiro atoms. The van der Waals surface area contributed by atoms with E-state index in [1.807, 2.05) is 0 Å². The fraction of sp³-hybridized carbons (Fsp3) is 0.200. The molecule has 138 valence electrons. The number of halogens is 2. The zero-order valence-corrected chi connectivity index (χ0v) is 13.1. The Morgan fingerprint density at radius 3 is 2.42 bits per heavy atom. The van der Waals surface area contributed by atoms with E-state index in [4.69, 9.17) is 4.74 Å². The zero-order chi connectivity index (χ0) is 19.3. The molecule has 0 bridgehead atoms. The number of aliphatic hydroxyl groups excluding tert-OH is 1. The van der Waals surface area contributed by atoms with Gasteiger partial charge in [-0.1, -0.05) is 0 Å². The maximum Gasteiger partial charge on any atom is 0.299 e. The number of nitrogens with zero attached hydrogens (tertiary/aromatic N) is 2. The predicted octanol–water partition coefficient (Wildman–Crippen LogP) is 2.63. The minimum atomic E-state index is -1.14. The van der Waals surface area contributed by atoms with Gasteiger partial charge in [0.2, 0.25) is 0 Å². The van der Waals surface area contributed by atoms with Crippen molar-refractivity contribution in [2.24, 2.45) is 0 Å². The van der Waals surface area contributed by atoms with Gasteiger partial charge in [-0.2, -0.15) is 0 Å². The number of benzene rings is 2. The predicted molar refractivity (Wildman–Crippen MR) is 86.1 cm³/mol. The standard InChI is InChI=1S/C15H13F2N3O6/c16-12-3-2-11(6-13(12)17)26-8-10(21)7-18-14-4-1-9(19(22)23)5-15(14)20(24)25/h1-6,10,18,21H,7-8H2. The van der Waals surface area contributed by atoms with Crippen LogP contribution in [-0.2, 0) is 0 Å². The number of aliphatic hydroxyl groups is 1. The Morgan fingerprint density at radius 2 is 1.81 bits per heavy atom. The number of nitro groups is 2. The number of hydrogen-bond donors (Lipinski definition) is 2. The lowest BCUT2D eigenvalue weighted by molar-refractivity contribution is -0.393. The first-order valence-electron chi connectivity index (χ1n) is 7.20. The summed E-state index contributed by atoms with van der Waals surface area (Å²) in [6.45, 7) is -0.471. The highest BCUT2D eigenvalue weighted by atomic mass is 19.2. The van der Waals surface area contributed by atoms with E-state index in [2.05, 4.69) is 5.32 Å². The molecule has 0 fully saturated rings. The third-order valence-electron chi connectivity index (χ3n) is 3.25. The number of non-ortho nitro benzene ring substituents is 1. The van der Waals surface area contributed by atoms with Gasteiger partial charge in [-0.05, 0) is 18.2 Å². The van der Waals surface area contributed by atoms with Gasteiger partial charge >= 0.3 is 0 Å². The monoisotopic (exact) mass is 369 g/mol. The highest BCUT2D eigenvalue weighted by Gasteiger charge is 2.20. The van der Waals surface area contributed by atoms with Crippen LogP contribution in [-0.4, -0.2) is 34.2 Å². The highest BCUT2D eigenvalue weighted by Crippen LogP contribution is 2.28. The van der Waals surface area contributed by atoms with Crippen LogP contribution in [0.15, 0.2) is 36.4 Å². The molecule has 0 saturated heterocycles. The Bertz CT molecular complexity index is 833. The summed E-state index contributed by atoms with van der Waals surface area (Å²) in [5.41, 5.74) is -0.982. The third-order valence-corrected chi connectivity index (χ3v) is 3.25. The maximum absolute atomic E-state index is 13.0. The molecular formula is C15H13F2N3O6. The van der Waals surface area contributed by atoms with Crippen LogP contribution >= 0.6 is 0 Å². The third kappa shape index (κ3) is 4.83. The molecule has 11 heteroatoms. The summed E-state index contributed by atoms with van der Waals surface area (Å²) in [4.78, 5) is 20.1. The molecule has 26 heavy (non-hydrogen) atoms. The van der Waals surface area contributed by atoms with Gasteiger partial charge in [0.25, 0.3) is 11.4 Å². The smallest absolute Gasteiger partial charge is 0.299 e. The summed E-state index contributed by atoms with van der Waals surface area (Å²) in [6, 6.07) is 5.90. The summed E-state index contributed by atoms with van der Waals surface area (Å²) in [6.07, 6.45) is -1.14. The van der Waals surface area contributed by atoms with Crippen LogP contribution in [0.4, 0.5) is 25.8 Å². The van der Waals surface area contributed by atoms with E-state index in [1.165, 1.54) is 6.07 Å². The van der Waals surface area contributed by atoms with Crippen molar-refractivity contribution in [1.82, 2.24) is 0 Å². The highest BCUT2D eigenvalue weighted by molar-refractivity contribution is 5.65. The molecule has 1 atom stereocenters. The maximum atomic E-state index is 13.0. The van der Waals surface area contributed by atoms with Crippen LogP contribution in [0.1, 0.15) is 0 Å². The second-order valence-corrected chi connectivity index (χ2v) is 5.14. The number of nitro benzene ring substituents is 2. The van der Waals surface area contributed by atoms with E-state index in [0.29, 0.717) is 0 Å². The van der Waals surface area contributed by atoms with Gasteiger partial charge in [0.05, 0.1) is 15.9 Å². The molecule has 0 amide bonds. The van der Waals surface area contributed by atoms with Gasteiger partial charge < -0.3 is 15.2 Å². The first-order valence-corrected chi connectivity index (χ1v) is 7.20. The van der Waals surface area contributed by atoms with Crippen molar-refractivity contribution < 1.29 is 28.5 Å². The van der Waals surface area contributed by atoms with E-state index in [-0.39, 0.29) is 24.6 Å². The number of nitrogens with one attached hydrogen (secondary N) is 1. The zero-order valence-electron chi connectivity index (χ0n) is 13.1. The van der Waals surface area contributed by atoms with E-state index < -0.39 is 39.0 Å². The van der Waals surface area contributed by atoms with E-state index >= 15 is 0 Å². The van der Waals surface area contributed by atoms with Crippen LogP contribution in [0.5, 0.6) is 5.75 Å².